The van der Waals surface area contributed by atoms with Crippen molar-refractivity contribution in [2.75, 3.05) is 14.2 Å². The Balaban J connectivity index is 2.63. The van der Waals surface area contributed by atoms with Gasteiger partial charge in [-0.3, -0.25) is 0 Å². The molecule has 150 valence electrons. The van der Waals surface area contributed by atoms with Gasteiger partial charge in [-0.15, -0.1) is 0 Å². The smallest absolute Gasteiger partial charge is 0.207 e. The molecule has 26 heavy (non-hydrogen) atoms. The molecule has 2 atom stereocenters. The predicted octanol–water partition coefficient (Wildman–Crippen LogP) is 5.99. The maximum Gasteiger partial charge on any atom is 0.207 e. The lowest BCUT2D eigenvalue weighted by Gasteiger charge is -2.19. The first kappa shape index (κ1) is 22.5. The second-order valence-corrected chi connectivity index (χ2v) is 7.69. The Hall–Kier alpha value is -1.58. The number of hydrogen-bond acceptors (Lipinski definition) is 4. The molecule has 0 aliphatic rings. The van der Waals surface area contributed by atoms with Gasteiger partial charge >= 0.3 is 0 Å². The van der Waals surface area contributed by atoms with Gasteiger partial charge in [0.05, 0.1) is 14.2 Å². The zero-order valence-electron chi connectivity index (χ0n) is 17.5. The molecule has 0 spiro atoms. The topological polar surface area (TPSA) is 58.9 Å². The minimum Gasteiger partial charge on any atom is -0.504 e. The highest BCUT2D eigenvalue weighted by atomic mass is 16.5. The molecular formula is C22H38O4. The monoisotopic (exact) mass is 366 g/mol. The molecule has 2 unspecified atom stereocenters. The van der Waals surface area contributed by atoms with E-state index in [4.69, 9.17) is 9.47 Å². The van der Waals surface area contributed by atoms with Gasteiger partial charge in [0.1, 0.15) is 0 Å². The number of benzene rings is 1. The van der Waals surface area contributed by atoms with Crippen molar-refractivity contribution in [3.05, 3.63) is 11.1 Å². The average Bonchev–Trinajstić information content (AvgIpc) is 2.62. The van der Waals surface area contributed by atoms with Gasteiger partial charge in [-0.1, -0.05) is 59.3 Å². The minimum absolute atomic E-state index is 0.0505. The van der Waals surface area contributed by atoms with Gasteiger partial charge in [-0.05, 0) is 31.6 Å². The van der Waals surface area contributed by atoms with Crippen LogP contribution in [0.1, 0.15) is 76.8 Å². The molecule has 0 fully saturated rings. The SMILES string of the molecule is CCCCC(C)CCCC(C)CCc1c(C)c(O)c(OC)c(OC)c1O. The lowest BCUT2D eigenvalue weighted by molar-refractivity contribution is 0.313. The van der Waals surface area contributed by atoms with Crippen LogP contribution in [0.15, 0.2) is 0 Å². The Morgan fingerprint density at radius 2 is 1.31 bits per heavy atom. The van der Waals surface area contributed by atoms with Gasteiger partial charge in [0.2, 0.25) is 11.5 Å². The molecule has 4 nitrogen and oxygen atoms in total. The Morgan fingerprint density at radius 1 is 0.808 bits per heavy atom. The van der Waals surface area contributed by atoms with Crippen molar-refractivity contribution in [2.24, 2.45) is 11.8 Å². The van der Waals surface area contributed by atoms with E-state index in [1.807, 2.05) is 6.92 Å². The first-order chi connectivity index (χ1) is 12.4. The number of ether oxygens (including phenoxy) is 2. The summed E-state index contributed by atoms with van der Waals surface area (Å²) in [5.41, 5.74) is 1.42. The van der Waals surface area contributed by atoms with Crippen molar-refractivity contribution in [1.29, 1.82) is 0 Å². The van der Waals surface area contributed by atoms with E-state index in [2.05, 4.69) is 20.8 Å². The number of phenols is 2. The van der Waals surface area contributed by atoms with Crippen molar-refractivity contribution in [1.82, 2.24) is 0 Å². The van der Waals surface area contributed by atoms with E-state index in [-0.39, 0.29) is 23.0 Å². The normalized spacial score (nSPS) is 13.5. The quantitative estimate of drug-likeness (QED) is 0.446. The number of methoxy groups -OCH3 is 2. The Bertz CT molecular complexity index is 554. The summed E-state index contributed by atoms with van der Waals surface area (Å²) < 4.78 is 10.4. The second kappa shape index (κ2) is 11.2. The first-order valence-corrected chi connectivity index (χ1v) is 10.0. The molecule has 0 heterocycles. The van der Waals surface area contributed by atoms with E-state index in [9.17, 15) is 10.2 Å². The molecule has 1 rings (SSSR count). The third-order valence-corrected chi connectivity index (χ3v) is 5.47. The van der Waals surface area contributed by atoms with Gasteiger partial charge in [0, 0.05) is 11.1 Å². The molecule has 0 saturated carbocycles. The lowest BCUT2D eigenvalue weighted by Crippen LogP contribution is -2.03. The fourth-order valence-electron chi connectivity index (χ4n) is 3.57. The molecule has 1 aromatic carbocycles. The fourth-order valence-corrected chi connectivity index (χ4v) is 3.57. The van der Waals surface area contributed by atoms with Crippen molar-refractivity contribution in [3.63, 3.8) is 0 Å². The van der Waals surface area contributed by atoms with Crippen molar-refractivity contribution >= 4 is 0 Å². The van der Waals surface area contributed by atoms with E-state index in [0.717, 1.165) is 24.3 Å². The molecule has 4 heteroatoms. The van der Waals surface area contributed by atoms with Crippen molar-refractivity contribution in [3.8, 4) is 23.0 Å². The maximum absolute atomic E-state index is 10.5. The zero-order valence-corrected chi connectivity index (χ0v) is 17.5. The molecule has 0 aliphatic heterocycles. The fraction of sp³-hybridized carbons (Fsp3) is 0.727. The standard InChI is InChI=1S/C22H38O4/c1-7-8-10-15(2)11-9-12-16(3)13-14-18-17(4)19(23)21(25-5)22(26-6)20(18)24/h15-16,23-24H,7-14H2,1-6H3. The third kappa shape index (κ3) is 6.00. The van der Waals surface area contributed by atoms with Gasteiger partial charge in [0.25, 0.3) is 0 Å². The Morgan fingerprint density at radius 3 is 1.85 bits per heavy atom. The molecule has 0 saturated heterocycles. The summed E-state index contributed by atoms with van der Waals surface area (Å²) >= 11 is 0. The summed E-state index contributed by atoms with van der Waals surface area (Å²) in [7, 11) is 2.93. The van der Waals surface area contributed by atoms with E-state index < -0.39 is 0 Å². The number of phenolic OH excluding ortho intramolecular Hbond substituents is 2. The van der Waals surface area contributed by atoms with Crippen LogP contribution in [-0.4, -0.2) is 24.4 Å². The van der Waals surface area contributed by atoms with Gasteiger partial charge in [-0.2, -0.15) is 0 Å². The van der Waals surface area contributed by atoms with Crippen LogP contribution >= 0.6 is 0 Å². The third-order valence-electron chi connectivity index (χ3n) is 5.47. The molecule has 2 N–H and O–H groups in total. The molecule has 0 radical (unpaired) electrons. The Labute approximate surface area is 159 Å². The van der Waals surface area contributed by atoms with Gasteiger partial charge in [-0.25, -0.2) is 0 Å². The summed E-state index contributed by atoms with van der Waals surface area (Å²) in [4.78, 5) is 0. The first-order valence-electron chi connectivity index (χ1n) is 10.0. The highest BCUT2D eigenvalue weighted by molar-refractivity contribution is 5.65. The van der Waals surface area contributed by atoms with E-state index in [1.165, 1.54) is 52.7 Å². The summed E-state index contributed by atoms with van der Waals surface area (Å²) in [5, 5.41) is 20.9. The van der Waals surface area contributed by atoms with Crippen LogP contribution in [0.3, 0.4) is 0 Å². The highest BCUT2D eigenvalue weighted by Gasteiger charge is 2.23. The summed E-state index contributed by atoms with van der Waals surface area (Å²) in [6.45, 7) is 8.68. The largest absolute Gasteiger partial charge is 0.504 e. The number of rotatable bonds is 12. The maximum atomic E-state index is 10.5. The van der Waals surface area contributed by atoms with E-state index >= 15 is 0 Å². The summed E-state index contributed by atoms with van der Waals surface area (Å²) in [6, 6.07) is 0. The Kier molecular flexibility index (Phi) is 9.68. The molecule has 0 aromatic heterocycles. The van der Waals surface area contributed by atoms with Crippen LogP contribution in [0.4, 0.5) is 0 Å². The van der Waals surface area contributed by atoms with Crippen LogP contribution in [0.2, 0.25) is 0 Å². The lowest BCUT2D eigenvalue weighted by atomic mass is 9.91. The van der Waals surface area contributed by atoms with Crippen LogP contribution < -0.4 is 9.47 Å². The zero-order chi connectivity index (χ0) is 19.7. The highest BCUT2D eigenvalue weighted by Crippen LogP contribution is 2.48. The molecular weight excluding hydrogens is 328 g/mol. The molecule has 1 aromatic rings. The van der Waals surface area contributed by atoms with Crippen LogP contribution in [0, 0.1) is 18.8 Å². The summed E-state index contributed by atoms with van der Waals surface area (Å²) in [5.74, 6) is 1.94. The second-order valence-electron chi connectivity index (χ2n) is 7.69. The number of aromatic hydroxyl groups is 2. The molecule has 0 bridgehead atoms. The molecule has 0 aliphatic carbocycles. The van der Waals surface area contributed by atoms with E-state index in [1.54, 1.807) is 0 Å². The van der Waals surface area contributed by atoms with Crippen molar-refractivity contribution in [2.45, 2.75) is 79.1 Å². The average molecular weight is 367 g/mol. The van der Waals surface area contributed by atoms with Crippen LogP contribution in [0.5, 0.6) is 23.0 Å². The van der Waals surface area contributed by atoms with Gasteiger partial charge < -0.3 is 19.7 Å². The predicted molar refractivity (Wildman–Crippen MR) is 108 cm³/mol. The minimum atomic E-state index is 0.0505. The van der Waals surface area contributed by atoms with Crippen molar-refractivity contribution < 1.29 is 19.7 Å². The van der Waals surface area contributed by atoms with Crippen LogP contribution in [0.25, 0.3) is 0 Å². The number of hydrogen-bond donors (Lipinski definition) is 2. The molecule has 0 amide bonds. The summed E-state index contributed by atoms with van der Waals surface area (Å²) in [6.07, 6.45) is 9.41. The number of unbranched alkanes of at least 4 members (excludes halogenated alkanes) is 1. The van der Waals surface area contributed by atoms with Gasteiger partial charge in [0.15, 0.2) is 11.5 Å². The van der Waals surface area contributed by atoms with Crippen LogP contribution in [-0.2, 0) is 6.42 Å². The van der Waals surface area contributed by atoms with E-state index in [0.29, 0.717) is 11.5 Å².